The van der Waals surface area contributed by atoms with Gasteiger partial charge in [-0.2, -0.15) is 0 Å². The first kappa shape index (κ1) is 14.8. The first-order valence-electron chi connectivity index (χ1n) is 9.26. The molecule has 0 radical (unpaired) electrons. The minimum absolute atomic E-state index is 0.968. The summed E-state index contributed by atoms with van der Waals surface area (Å²) in [4.78, 5) is 0. The summed E-state index contributed by atoms with van der Waals surface area (Å²) < 4.78 is 0. The van der Waals surface area contributed by atoms with Crippen molar-refractivity contribution in [1.29, 1.82) is 0 Å². The number of terminal acetylenes is 1. The van der Waals surface area contributed by atoms with Crippen LogP contribution in [0.15, 0.2) is 91.0 Å². The second kappa shape index (κ2) is 5.10. The van der Waals surface area contributed by atoms with Crippen LogP contribution in [0.25, 0.3) is 22.3 Å². The molecule has 0 aromatic heterocycles. The van der Waals surface area contributed by atoms with E-state index in [4.69, 9.17) is 6.42 Å². The number of benzene rings is 4. The van der Waals surface area contributed by atoms with Crippen LogP contribution < -0.4 is 20.7 Å². The fraction of sp³-hybridized carbons (Fsp3) is 0. The Bertz CT molecular complexity index is 1230. The van der Waals surface area contributed by atoms with Crippen molar-refractivity contribution in [2.45, 2.75) is 0 Å². The van der Waals surface area contributed by atoms with E-state index in [0.29, 0.717) is 0 Å². The highest BCUT2D eigenvalue weighted by molar-refractivity contribution is 7.24. The quantitative estimate of drug-likeness (QED) is 0.290. The molecule has 1 spiro atoms. The van der Waals surface area contributed by atoms with Gasteiger partial charge in [0.1, 0.15) is 0 Å². The van der Waals surface area contributed by atoms with Crippen LogP contribution >= 0.6 is 0 Å². The van der Waals surface area contributed by atoms with E-state index in [-0.39, 0.29) is 0 Å². The zero-order valence-electron chi connectivity index (χ0n) is 14.7. The van der Waals surface area contributed by atoms with Crippen LogP contribution in [0.5, 0.6) is 0 Å². The molecule has 2 aliphatic rings. The van der Waals surface area contributed by atoms with Gasteiger partial charge in [-0.15, -0.1) is 6.42 Å². The van der Waals surface area contributed by atoms with Gasteiger partial charge < -0.3 is 0 Å². The summed E-state index contributed by atoms with van der Waals surface area (Å²) in [5, 5.41) is 5.92. The van der Waals surface area contributed by atoms with Crippen molar-refractivity contribution < 1.29 is 0 Å². The summed E-state index contributed by atoms with van der Waals surface area (Å²) in [7, 11) is -2.30. The molecule has 0 amide bonds. The molecule has 1 heteroatoms. The van der Waals surface area contributed by atoms with Crippen molar-refractivity contribution in [2.75, 3.05) is 0 Å². The van der Waals surface area contributed by atoms with Gasteiger partial charge in [0.2, 0.25) is 0 Å². The van der Waals surface area contributed by atoms with Gasteiger partial charge in [-0.3, -0.25) is 0 Å². The zero-order valence-corrected chi connectivity index (χ0v) is 15.7. The summed E-state index contributed by atoms with van der Waals surface area (Å²) in [5.74, 6) is 2.86. The molecule has 2 aliphatic heterocycles. The van der Waals surface area contributed by atoms with Crippen molar-refractivity contribution in [3.63, 3.8) is 0 Å². The summed E-state index contributed by atoms with van der Waals surface area (Å²) >= 11 is 0. The molecule has 6 rings (SSSR count). The number of fused-ring (bicyclic) bond motifs is 10. The molecule has 4 aromatic carbocycles. The predicted molar refractivity (Wildman–Crippen MR) is 116 cm³/mol. The van der Waals surface area contributed by atoms with E-state index in [9.17, 15) is 0 Å². The maximum absolute atomic E-state index is 5.79. The van der Waals surface area contributed by atoms with Crippen LogP contribution in [-0.2, 0) is 0 Å². The fourth-order valence-corrected chi connectivity index (χ4v) is 10.8. The number of hydrogen-bond donors (Lipinski definition) is 0. The Hall–Kier alpha value is -3.34. The molecular formula is C26H16Si. The lowest BCUT2D eigenvalue weighted by Gasteiger charge is -2.27. The average Bonchev–Trinajstić information content (AvgIpc) is 3.21. The molecule has 27 heavy (non-hydrogen) atoms. The molecule has 0 atom stereocenters. The highest BCUT2D eigenvalue weighted by Crippen LogP contribution is 2.35. The lowest BCUT2D eigenvalue weighted by molar-refractivity contribution is 1.67. The SMILES string of the molecule is C#Cc1ccc2c(c1)[Si]1(c3ccccc3-c3ccccc31)c1ccccc1-2. The van der Waals surface area contributed by atoms with Gasteiger partial charge >= 0.3 is 0 Å². The summed E-state index contributed by atoms with van der Waals surface area (Å²) in [6.45, 7) is 0. The van der Waals surface area contributed by atoms with Gasteiger partial charge in [0, 0.05) is 5.56 Å². The van der Waals surface area contributed by atoms with Gasteiger partial charge in [0.25, 0.3) is 0 Å². The second-order valence-corrected chi connectivity index (χ2v) is 10.9. The fourth-order valence-electron chi connectivity index (χ4n) is 5.18. The van der Waals surface area contributed by atoms with E-state index in [1.807, 2.05) is 0 Å². The smallest absolute Gasteiger partial charge is 0.115 e. The average molecular weight is 357 g/mol. The molecule has 0 nitrogen and oxygen atoms in total. The maximum atomic E-state index is 5.79. The lowest BCUT2D eigenvalue weighted by Crippen LogP contribution is -2.70. The molecule has 2 heterocycles. The van der Waals surface area contributed by atoms with Gasteiger partial charge in [-0.05, 0) is 55.1 Å². The standard InChI is InChI=1S/C26H16Si/c1-2-18-15-16-22-21-11-5-8-14-25(21)27(26(22)17-18)23-12-6-3-9-19(23)20-10-4-7-13-24(20)27/h1,3-17H. The monoisotopic (exact) mass is 356 g/mol. The van der Waals surface area contributed by atoms with Crippen LogP contribution in [0.2, 0.25) is 0 Å². The Morgan fingerprint density at radius 3 is 1.44 bits per heavy atom. The largest absolute Gasteiger partial charge is 0.182 e. The Balaban J connectivity index is 1.87. The molecule has 0 N–H and O–H groups in total. The normalized spacial score (nSPS) is 14.2. The van der Waals surface area contributed by atoms with Crippen molar-refractivity contribution in [3.8, 4) is 34.6 Å². The van der Waals surface area contributed by atoms with Crippen molar-refractivity contribution in [3.05, 3.63) is 96.6 Å². The van der Waals surface area contributed by atoms with Gasteiger partial charge in [-0.1, -0.05) is 84.8 Å². The third-order valence-electron chi connectivity index (χ3n) is 6.16. The van der Waals surface area contributed by atoms with Gasteiger partial charge in [0.15, 0.2) is 8.07 Å². The molecular weight excluding hydrogens is 340 g/mol. The Labute approximate surface area is 160 Å². The molecule has 0 unspecified atom stereocenters. The summed E-state index contributed by atoms with van der Waals surface area (Å²) in [5.41, 5.74) is 6.45. The minimum atomic E-state index is -2.30. The second-order valence-electron chi connectivity index (χ2n) is 7.29. The zero-order chi connectivity index (χ0) is 18.0. The third-order valence-corrected chi connectivity index (χ3v) is 11.1. The van der Waals surface area contributed by atoms with Crippen molar-refractivity contribution >= 4 is 28.8 Å². The highest BCUT2D eigenvalue weighted by Gasteiger charge is 2.53. The summed E-state index contributed by atoms with van der Waals surface area (Å²) in [6, 6.07) is 33.5. The number of rotatable bonds is 0. The lowest BCUT2D eigenvalue weighted by atomic mass is 10.0. The van der Waals surface area contributed by atoms with E-state index < -0.39 is 8.07 Å². The Kier molecular flexibility index (Phi) is 2.79. The predicted octanol–water partition coefficient (Wildman–Crippen LogP) is 3.01. The van der Waals surface area contributed by atoms with E-state index >= 15 is 0 Å². The van der Waals surface area contributed by atoms with E-state index in [0.717, 1.165) is 5.56 Å². The van der Waals surface area contributed by atoms with E-state index in [2.05, 4.69) is 96.9 Å². The molecule has 0 aliphatic carbocycles. The van der Waals surface area contributed by atoms with Gasteiger partial charge in [-0.25, -0.2) is 0 Å². The Morgan fingerprint density at radius 1 is 0.519 bits per heavy atom. The molecule has 124 valence electrons. The number of hydrogen-bond acceptors (Lipinski definition) is 0. The first-order valence-corrected chi connectivity index (χ1v) is 11.3. The van der Waals surface area contributed by atoms with Crippen LogP contribution in [0, 0.1) is 12.3 Å². The first-order chi connectivity index (χ1) is 13.4. The van der Waals surface area contributed by atoms with Crippen molar-refractivity contribution in [1.82, 2.24) is 0 Å². The maximum Gasteiger partial charge on any atom is 0.182 e. The molecule has 0 fully saturated rings. The summed E-state index contributed by atoms with van der Waals surface area (Å²) in [6.07, 6.45) is 5.79. The molecule has 0 saturated carbocycles. The topological polar surface area (TPSA) is 0 Å². The molecule has 0 saturated heterocycles. The minimum Gasteiger partial charge on any atom is -0.115 e. The Morgan fingerprint density at radius 2 is 0.963 bits per heavy atom. The van der Waals surface area contributed by atoms with Gasteiger partial charge in [0.05, 0.1) is 0 Å². The van der Waals surface area contributed by atoms with Crippen LogP contribution in [0.3, 0.4) is 0 Å². The van der Waals surface area contributed by atoms with E-state index in [1.165, 1.54) is 43.0 Å². The molecule has 4 aromatic rings. The van der Waals surface area contributed by atoms with E-state index in [1.54, 1.807) is 0 Å². The van der Waals surface area contributed by atoms with Crippen LogP contribution in [0.1, 0.15) is 5.56 Å². The van der Waals surface area contributed by atoms with Crippen molar-refractivity contribution in [2.24, 2.45) is 0 Å². The van der Waals surface area contributed by atoms with Crippen LogP contribution in [-0.4, -0.2) is 8.07 Å². The highest BCUT2D eigenvalue weighted by atomic mass is 28.3. The van der Waals surface area contributed by atoms with Crippen LogP contribution in [0.4, 0.5) is 0 Å². The third kappa shape index (κ3) is 1.65. The molecule has 0 bridgehead atoms.